The highest BCUT2D eigenvalue weighted by molar-refractivity contribution is 6.18. The molecule has 0 aromatic heterocycles. The third-order valence-electron chi connectivity index (χ3n) is 4.81. The van der Waals surface area contributed by atoms with Gasteiger partial charge in [-0.15, -0.1) is 11.6 Å². The van der Waals surface area contributed by atoms with Crippen molar-refractivity contribution in [2.45, 2.75) is 25.4 Å². The topological polar surface area (TPSA) is 48.3 Å². The molecule has 2 heterocycles. The average molecular weight is 370 g/mol. The van der Waals surface area contributed by atoms with Gasteiger partial charge in [-0.2, -0.15) is 0 Å². The minimum Gasteiger partial charge on any atom is -0.396 e. The minimum absolute atomic E-state index is 0.0140. The van der Waals surface area contributed by atoms with Crippen LogP contribution in [0.15, 0.2) is 23.4 Å². The standard InChI is InChI=1S/C18H25ClFN3O2/c19-5-6-22-7-9-23(10-8-22)18-4-3-14(12-16(18)20)17-13-15(25-21-17)2-1-11-24/h3-4,12,15,24H,1-2,5-11,13H2. The Morgan fingerprint density at radius 3 is 2.76 bits per heavy atom. The van der Waals surface area contributed by atoms with Gasteiger partial charge in [-0.3, -0.25) is 4.90 Å². The Balaban J connectivity index is 1.60. The van der Waals surface area contributed by atoms with Crippen LogP contribution >= 0.6 is 11.6 Å². The summed E-state index contributed by atoms with van der Waals surface area (Å²) in [4.78, 5) is 9.75. The lowest BCUT2D eigenvalue weighted by atomic mass is 10.0. The molecule has 2 aliphatic rings. The Hall–Kier alpha value is -1.37. The summed E-state index contributed by atoms with van der Waals surface area (Å²) in [5.41, 5.74) is 2.19. The van der Waals surface area contributed by atoms with Crippen LogP contribution in [-0.4, -0.2) is 67.0 Å². The number of hydrogen-bond acceptors (Lipinski definition) is 5. The third-order valence-corrected chi connectivity index (χ3v) is 4.98. The second kappa shape index (κ2) is 8.83. The molecular weight excluding hydrogens is 345 g/mol. The van der Waals surface area contributed by atoms with Gasteiger partial charge in [0.1, 0.15) is 11.9 Å². The maximum atomic E-state index is 14.6. The predicted octanol–water partition coefficient (Wildman–Crippen LogP) is 2.45. The van der Waals surface area contributed by atoms with Gasteiger partial charge in [0, 0.05) is 57.2 Å². The number of benzene rings is 1. The Morgan fingerprint density at radius 2 is 2.08 bits per heavy atom. The average Bonchev–Trinajstić information content (AvgIpc) is 3.10. The molecule has 1 unspecified atom stereocenters. The number of nitrogens with zero attached hydrogens (tertiary/aromatic N) is 3. The van der Waals surface area contributed by atoms with Crippen molar-refractivity contribution in [3.8, 4) is 0 Å². The van der Waals surface area contributed by atoms with Crippen molar-refractivity contribution in [2.24, 2.45) is 5.16 Å². The molecule has 3 rings (SSSR count). The molecule has 0 bridgehead atoms. The summed E-state index contributed by atoms with van der Waals surface area (Å²) in [7, 11) is 0. The molecule has 0 spiro atoms. The van der Waals surface area contributed by atoms with E-state index in [4.69, 9.17) is 21.5 Å². The first-order valence-corrected chi connectivity index (χ1v) is 9.41. The molecule has 1 atom stereocenters. The van der Waals surface area contributed by atoms with Crippen molar-refractivity contribution in [3.05, 3.63) is 29.6 Å². The highest BCUT2D eigenvalue weighted by Crippen LogP contribution is 2.25. The van der Waals surface area contributed by atoms with Gasteiger partial charge >= 0.3 is 0 Å². The normalized spacial score (nSPS) is 21.3. The molecule has 1 saturated heterocycles. The van der Waals surface area contributed by atoms with Gasteiger partial charge in [0.2, 0.25) is 0 Å². The predicted molar refractivity (Wildman–Crippen MR) is 98.1 cm³/mol. The van der Waals surface area contributed by atoms with Gasteiger partial charge < -0.3 is 14.8 Å². The molecule has 138 valence electrons. The van der Waals surface area contributed by atoms with Crippen LogP contribution in [0, 0.1) is 5.82 Å². The molecule has 0 saturated carbocycles. The lowest BCUT2D eigenvalue weighted by Gasteiger charge is -2.36. The van der Waals surface area contributed by atoms with Gasteiger partial charge in [-0.25, -0.2) is 4.39 Å². The number of alkyl halides is 1. The largest absolute Gasteiger partial charge is 0.396 e. The van der Waals surface area contributed by atoms with Crippen molar-refractivity contribution >= 4 is 23.0 Å². The molecule has 7 heteroatoms. The van der Waals surface area contributed by atoms with Crippen LogP contribution < -0.4 is 4.90 Å². The number of oxime groups is 1. The van der Waals surface area contributed by atoms with Crippen LogP contribution in [-0.2, 0) is 4.84 Å². The summed E-state index contributed by atoms with van der Waals surface area (Å²) in [5.74, 6) is 0.414. The van der Waals surface area contributed by atoms with Crippen LogP contribution in [0.2, 0.25) is 0 Å². The number of piperazine rings is 1. The van der Waals surface area contributed by atoms with Gasteiger partial charge in [0.15, 0.2) is 0 Å². The van der Waals surface area contributed by atoms with Crippen LogP contribution in [0.3, 0.4) is 0 Å². The number of aliphatic hydroxyl groups excluding tert-OH is 1. The molecule has 2 aliphatic heterocycles. The summed E-state index contributed by atoms with van der Waals surface area (Å²) in [6.07, 6.45) is 2.10. The summed E-state index contributed by atoms with van der Waals surface area (Å²) in [6, 6.07) is 5.31. The van der Waals surface area contributed by atoms with Crippen LogP contribution in [0.25, 0.3) is 0 Å². The van der Waals surface area contributed by atoms with Crippen LogP contribution in [0.5, 0.6) is 0 Å². The summed E-state index contributed by atoms with van der Waals surface area (Å²) in [6.45, 7) is 4.45. The second-order valence-electron chi connectivity index (χ2n) is 6.52. The van der Waals surface area contributed by atoms with Crippen molar-refractivity contribution < 1.29 is 14.3 Å². The van der Waals surface area contributed by atoms with Gasteiger partial charge in [-0.1, -0.05) is 11.2 Å². The summed E-state index contributed by atoms with van der Waals surface area (Å²) in [5, 5.41) is 13.0. The quantitative estimate of drug-likeness (QED) is 0.750. The first-order chi connectivity index (χ1) is 12.2. The monoisotopic (exact) mass is 369 g/mol. The van der Waals surface area contributed by atoms with Crippen molar-refractivity contribution in [2.75, 3.05) is 50.1 Å². The molecule has 1 N–H and O–H groups in total. The van der Waals surface area contributed by atoms with E-state index in [2.05, 4.69) is 15.0 Å². The second-order valence-corrected chi connectivity index (χ2v) is 6.90. The fourth-order valence-electron chi connectivity index (χ4n) is 3.35. The zero-order valence-corrected chi connectivity index (χ0v) is 15.1. The molecular formula is C18H25ClFN3O2. The lowest BCUT2D eigenvalue weighted by molar-refractivity contribution is 0.0732. The maximum absolute atomic E-state index is 14.6. The Morgan fingerprint density at radius 1 is 1.28 bits per heavy atom. The first kappa shape index (κ1) is 18.4. The summed E-state index contributed by atoms with van der Waals surface area (Å²) >= 11 is 5.78. The van der Waals surface area contributed by atoms with Crippen LogP contribution in [0.1, 0.15) is 24.8 Å². The highest BCUT2D eigenvalue weighted by atomic mass is 35.5. The van der Waals surface area contributed by atoms with Crippen molar-refractivity contribution in [3.63, 3.8) is 0 Å². The number of anilines is 1. The van der Waals surface area contributed by atoms with E-state index in [0.717, 1.165) is 50.4 Å². The Bertz CT molecular complexity index is 606. The lowest BCUT2D eigenvalue weighted by Crippen LogP contribution is -2.47. The van der Waals surface area contributed by atoms with Gasteiger partial charge in [0.25, 0.3) is 0 Å². The number of aliphatic hydroxyl groups is 1. The molecule has 1 aromatic carbocycles. The number of rotatable bonds is 7. The van der Waals surface area contributed by atoms with Gasteiger partial charge in [0.05, 0.1) is 11.4 Å². The first-order valence-electron chi connectivity index (χ1n) is 8.88. The zero-order valence-electron chi connectivity index (χ0n) is 14.3. The minimum atomic E-state index is -0.218. The molecule has 0 amide bonds. The van der Waals surface area contributed by atoms with E-state index in [9.17, 15) is 4.39 Å². The number of hydrogen-bond donors (Lipinski definition) is 1. The van der Waals surface area contributed by atoms with E-state index >= 15 is 0 Å². The molecule has 25 heavy (non-hydrogen) atoms. The van der Waals surface area contributed by atoms with Crippen LogP contribution in [0.4, 0.5) is 10.1 Å². The zero-order chi connectivity index (χ0) is 17.6. The Kier molecular flexibility index (Phi) is 6.51. The van der Waals surface area contributed by atoms with E-state index in [1.54, 1.807) is 6.07 Å². The van der Waals surface area contributed by atoms with E-state index in [1.165, 1.54) is 0 Å². The number of halogens is 2. The molecule has 1 fully saturated rings. The fraction of sp³-hybridized carbons (Fsp3) is 0.611. The smallest absolute Gasteiger partial charge is 0.147 e. The SMILES string of the molecule is OCCCC1CC(c2ccc(N3CCN(CCCl)CC3)c(F)c2)=NO1. The molecule has 0 radical (unpaired) electrons. The molecule has 0 aliphatic carbocycles. The van der Waals surface area contributed by atoms with E-state index < -0.39 is 0 Å². The van der Waals surface area contributed by atoms with E-state index in [-0.39, 0.29) is 18.5 Å². The van der Waals surface area contributed by atoms with E-state index in [1.807, 2.05) is 12.1 Å². The maximum Gasteiger partial charge on any atom is 0.147 e. The molecule has 1 aromatic rings. The Labute approximate surface area is 153 Å². The van der Waals surface area contributed by atoms with Gasteiger partial charge in [-0.05, 0) is 25.0 Å². The molecule has 5 nitrogen and oxygen atoms in total. The van der Waals surface area contributed by atoms with Crippen molar-refractivity contribution in [1.29, 1.82) is 0 Å². The highest BCUT2D eigenvalue weighted by Gasteiger charge is 2.24. The summed E-state index contributed by atoms with van der Waals surface area (Å²) < 4.78 is 14.6. The van der Waals surface area contributed by atoms with Crippen molar-refractivity contribution in [1.82, 2.24) is 4.90 Å². The van der Waals surface area contributed by atoms with E-state index in [0.29, 0.717) is 24.4 Å². The fourth-order valence-corrected chi connectivity index (χ4v) is 3.59. The third kappa shape index (κ3) is 4.63.